The van der Waals surface area contributed by atoms with Crippen molar-refractivity contribution >= 4 is 11.8 Å². The van der Waals surface area contributed by atoms with Crippen molar-refractivity contribution in [2.75, 3.05) is 26.3 Å². The number of nitrogens with zero attached hydrogens (tertiary/aromatic N) is 1. The van der Waals surface area contributed by atoms with Gasteiger partial charge >= 0.3 is 0 Å². The molecule has 0 saturated carbocycles. The van der Waals surface area contributed by atoms with E-state index >= 15 is 0 Å². The van der Waals surface area contributed by atoms with E-state index in [1.165, 1.54) is 4.90 Å². The van der Waals surface area contributed by atoms with Crippen LogP contribution in [-0.2, 0) is 14.3 Å². The highest BCUT2D eigenvalue weighted by Gasteiger charge is 2.29. The molecule has 1 aliphatic heterocycles. The summed E-state index contributed by atoms with van der Waals surface area (Å²) >= 11 is 0. The van der Waals surface area contributed by atoms with Gasteiger partial charge in [0.05, 0.1) is 0 Å². The highest BCUT2D eigenvalue weighted by Crippen LogP contribution is 2.08. The molecule has 0 aliphatic carbocycles. The van der Waals surface area contributed by atoms with Gasteiger partial charge in [0.1, 0.15) is 13.2 Å². The molecule has 0 aromatic heterocycles. The third kappa shape index (κ3) is 4.09. The third-order valence-corrected chi connectivity index (χ3v) is 2.89. The van der Waals surface area contributed by atoms with Crippen molar-refractivity contribution in [2.24, 2.45) is 5.92 Å². The van der Waals surface area contributed by atoms with Gasteiger partial charge in [-0.2, -0.15) is 0 Å². The molecule has 1 fully saturated rings. The predicted molar refractivity (Wildman–Crippen MR) is 64.5 cm³/mol. The average molecular weight is 242 g/mol. The van der Waals surface area contributed by atoms with Crippen LogP contribution in [0.2, 0.25) is 0 Å². The Labute approximate surface area is 102 Å². The summed E-state index contributed by atoms with van der Waals surface area (Å²) in [6.45, 7) is 7.64. The monoisotopic (exact) mass is 242 g/mol. The van der Waals surface area contributed by atoms with Crippen LogP contribution in [0.1, 0.15) is 27.2 Å². The van der Waals surface area contributed by atoms with Crippen LogP contribution in [0.15, 0.2) is 0 Å². The molecule has 17 heavy (non-hydrogen) atoms. The second kappa shape index (κ2) is 6.71. The molecular formula is C12H22N2O3. The number of morpholine rings is 1. The summed E-state index contributed by atoms with van der Waals surface area (Å²) in [5.74, 6) is -0.0830. The fourth-order valence-electron chi connectivity index (χ4n) is 1.76. The number of hydrogen-bond donors (Lipinski definition) is 1. The number of amides is 2. The summed E-state index contributed by atoms with van der Waals surface area (Å²) < 4.78 is 4.89. The van der Waals surface area contributed by atoms with Crippen molar-refractivity contribution in [3.63, 3.8) is 0 Å². The van der Waals surface area contributed by atoms with Crippen molar-refractivity contribution < 1.29 is 14.3 Å². The molecule has 5 heteroatoms. The number of carbonyl (C=O) groups excluding carboxylic acids is 2. The van der Waals surface area contributed by atoms with Gasteiger partial charge < -0.3 is 10.1 Å². The van der Waals surface area contributed by atoms with E-state index in [1.54, 1.807) is 0 Å². The SMILES string of the molecule is CCCNC(CN1C(=O)COCC1=O)C(C)C. The highest BCUT2D eigenvalue weighted by molar-refractivity contribution is 5.98. The number of nitrogens with one attached hydrogen (secondary N) is 1. The standard InChI is InChI=1S/C12H22N2O3/c1-4-5-13-10(9(2)3)6-14-11(15)7-17-8-12(14)16/h9-10,13H,4-8H2,1-3H3. The van der Waals surface area contributed by atoms with Crippen LogP contribution >= 0.6 is 0 Å². The van der Waals surface area contributed by atoms with Crippen LogP contribution in [0.25, 0.3) is 0 Å². The molecule has 1 saturated heterocycles. The smallest absolute Gasteiger partial charge is 0.255 e. The van der Waals surface area contributed by atoms with E-state index in [0.29, 0.717) is 12.5 Å². The normalized spacial score (nSPS) is 18.9. The summed E-state index contributed by atoms with van der Waals surface area (Å²) in [5, 5.41) is 3.37. The lowest BCUT2D eigenvalue weighted by molar-refractivity contribution is -0.159. The molecule has 1 heterocycles. The molecule has 1 rings (SSSR count). The number of carbonyl (C=O) groups is 2. The van der Waals surface area contributed by atoms with Gasteiger partial charge in [0, 0.05) is 12.6 Å². The van der Waals surface area contributed by atoms with Gasteiger partial charge in [-0.25, -0.2) is 0 Å². The first-order valence-electron chi connectivity index (χ1n) is 6.20. The second-order valence-electron chi connectivity index (χ2n) is 4.70. The molecule has 1 aliphatic rings. The Morgan fingerprint density at radius 3 is 2.35 bits per heavy atom. The molecule has 1 N–H and O–H groups in total. The van der Waals surface area contributed by atoms with Gasteiger partial charge in [-0.1, -0.05) is 20.8 Å². The molecule has 0 bridgehead atoms. The lowest BCUT2D eigenvalue weighted by Gasteiger charge is -2.31. The largest absolute Gasteiger partial charge is 0.362 e. The summed E-state index contributed by atoms with van der Waals surface area (Å²) in [5.41, 5.74) is 0. The summed E-state index contributed by atoms with van der Waals surface area (Å²) in [6.07, 6.45) is 1.04. The van der Waals surface area contributed by atoms with Crippen molar-refractivity contribution in [2.45, 2.75) is 33.2 Å². The molecule has 0 radical (unpaired) electrons. The number of ether oxygens (including phenoxy) is 1. The molecular weight excluding hydrogens is 220 g/mol. The highest BCUT2D eigenvalue weighted by atomic mass is 16.5. The van der Waals surface area contributed by atoms with Crippen molar-refractivity contribution in [1.82, 2.24) is 10.2 Å². The van der Waals surface area contributed by atoms with Gasteiger partial charge in [0.15, 0.2) is 0 Å². The van der Waals surface area contributed by atoms with Crippen LogP contribution in [0.3, 0.4) is 0 Å². The topological polar surface area (TPSA) is 58.6 Å². The molecule has 98 valence electrons. The third-order valence-electron chi connectivity index (χ3n) is 2.89. The molecule has 0 spiro atoms. The van der Waals surface area contributed by atoms with E-state index in [9.17, 15) is 9.59 Å². The minimum atomic E-state index is -0.231. The zero-order chi connectivity index (χ0) is 12.8. The Balaban J connectivity index is 2.57. The van der Waals surface area contributed by atoms with Crippen LogP contribution in [-0.4, -0.2) is 49.1 Å². The maximum atomic E-state index is 11.6. The maximum absolute atomic E-state index is 11.6. The summed E-state index contributed by atoms with van der Waals surface area (Å²) in [4.78, 5) is 24.5. The Kier molecular flexibility index (Phi) is 5.58. The first kappa shape index (κ1) is 14.1. The van der Waals surface area contributed by atoms with Gasteiger partial charge in [0.25, 0.3) is 11.8 Å². The van der Waals surface area contributed by atoms with Gasteiger partial charge in [-0.15, -0.1) is 0 Å². The van der Waals surface area contributed by atoms with E-state index < -0.39 is 0 Å². The van der Waals surface area contributed by atoms with E-state index in [0.717, 1.165) is 13.0 Å². The number of hydrogen-bond acceptors (Lipinski definition) is 4. The molecule has 0 aromatic rings. The Hall–Kier alpha value is -0.940. The fraction of sp³-hybridized carbons (Fsp3) is 0.833. The Bertz CT molecular complexity index is 263. The van der Waals surface area contributed by atoms with Crippen LogP contribution in [0.4, 0.5) is 0 Å². The first-order chi connectivity index (χ1) is 8.06. The van der Waals surface area contributed by atoms with E-state index in [4.69, 9.17) is 4.74 Å². The first-order valence-corrected chi connectivity index (χ1v) is 6.20. The average Bonchev–Trinajstić information content (AvgIpc) is 2.27. The van der Waals surface area contributed by atoms with Gasteiger partial charge in [0.2, 0.25) is 0 Å². The van der Waals surface area contributed by atoms with Crippen LogP contribution < -0.4 is 5.32 Å². The van der Waals surface area contributed by atoms with Crippen LogP contribution in [0.5, 0.6) is 0 Å². The number of imide groups is 1. The van der Waals surface area contributed by atoms with E-state index in [-0.39, 0.29) is 31.1 Å². The quantitative estimate of drug-likeness (QED) is 0.685. The fourth-order valence-corrected chi connectivity index (χ4v) is 1.76. The van der Waals surface area contributed by atoms with Gasteiger partial charge in [-0.3, -0.25) is 14.5 Å². The predicted octanol–water partition coefficient (Wildman–Crippen LogP) is 0.396. The van der Waals surface area contributed by atoms with Crippen molar-refractivity contribution in [3.8, 4) is 0 Å². The Morgan fingerprint density at radius 1 is 1.29 bits per heavy atom. The Morgan fingerprint density at radius 2 is 1.88 bits per heavy atom. The zero-order valence-electron chi connectivity index (χ0n) is 10.9. The number of rotatable bonds is 6. The molecule has 1 atom stereocenters. The van der Waals surface area contributed by atoms with E-state index in [1.807, 2.05) is 0 Å². The minimum Gasteiger partial charge on any atom is -0.362 e. The van der Waals surface area contributed by atoms with Gasteiger partial charge in [-0.05, 0) is 18.9 Å². The minimum absolute atomic E-state index is 0.0182. The van der Waals surface area contributed by atoms with Crippen LogP contribution in [0, 0.1) is 5.92 Å². The molecule has 0 aromatic carbocycles. The van der Waals surface area contributed by atoms with E-state index in [2.05, 4.69) is 26.1 Å². The second-order valence-corrected chi connectivity index (χ2v) is 4.70. The zero-order valence-corrected chi connectivity index (χ0v) is 10.9. The molecule has 5 nitrogen and oxygen atoms in total. The van der Waals surface area contributed by atoms with Crippen molar-refractivity contribution in [3.05, 3.63) is 0 Å². The summed E-state index contributed by atoms with van der Waals surface area (Å²) in [7, 11) is 0. The lowest BCUT2D eigenvalue weighted by atomic mass is 10.0. The van der Waals surface area contributed by atoms with Crippen molar-refractivity contribution in [1.29, 1.82) is 0 Å². The summed E-state index contributed by atoms with van der Waals surface area (Å²) in [6, 6.07) is 0.154. The molecule has 2 amide bonds. The maximum Gasteiger partial charge on any atom is 0.255 e. The lowest BCUT2D eigenvalue weighted by Crippen LogP contribution is -2.53. The molecule has 1 unspecified atom stereocenters.